The van der Waals surface area contributed by atoms with E-state index in [2.05, 4.69) is 57.3 Å². The molecule has 1 aliphatic carbocycles. The molecule has 0 fully saturated rings. The minimum absolute atomic E-state index is 0.360. The van der Waals surface area contributed by atoms with Crippen molar-refractivity contribution in [2.45, 2.75) is 34.1 Å². The lowest BCUT2D eigenvalue weighted by Gasteiger charge is -2.19. The fourth-order valence-electron chi connectivity index (χ4n) is 2.83. The number of aliphatic imine (C=N–C) groups is 1. The summed E-state index contributed by atoms with van der Waals surface area (Å²) in [5, 5.41) is 10.7. The van der Waals surface area contributed by atoms with Gasteiger partial charge in [-0.2, -0.15) is 4.99 Å². The Morgan fingerprint density at radius 3 is 2.61 bits per heavy atom. The maximum atomic E-state index is 8.51. The van der Waals surface area contributed by atoms with E-state index in [4.69, 9.17) is 10.4 Å². The van der Waals surface area contributed by atoms with Crippen LogP contribution in [0.25, 0.3) is 0 Å². The second kappa shape index (κ2) is 8.02. The van der Waals surface area contributed by atoms with E-state index in [9.17, 15) is 0 Å². The van der Waals surface area contributed by atoms with E-state index in [0.717, 1.165) is 35.5 Å². The van der Waals surface area contributed by atoms with Crippen LogP contribution in [-0.2, 0) is 0 Å². The first-order valence-corrected chi connectivity index (χ1v) is 8.42. The molecule has 0 saturated heterocycles. The first-order valence-electron chi connectivity index (χ1n) is 8.42. The number of nitrogens with two attached hydrogens (primary N) is 1. The standard InChI is InChI=1S/C20H27N3/c1-14(2)13-22-20(17-11-6-5-7-12-17)23-19(21)18-15(3)9-8-10-16(18)4/h5-9,11-12,14,16H,10,13H2,1-4H3,(H2,21,22,23)/p+1. The molecular formula is C20H28N3+. The van der Waals surface area contributed by atoms with Gasteiger partial charge in [-0.3, -0.25) is 10.7 Å². The van der Waals surface area contributed by atoms with Gasteiger partial charge in [0.05, 0.1) is 12.1 Å². The maximum Gasteiger partial charge on any atom is 0.233 e. The number of nitrogens with zero attached hydrogens (tertiary/aromatic N) is 1. The predicted octanol–water partition coefficient (Wildman–Crippen LogP) is 3.54. The molecule has 0 aromatic heterocycles. The lowest BCUT2D eigenvalue weighted by Crippen LogP contribution is -2.89. The Labute approximate surface area is 139 Å². The molecule has 0 radical (unpaired) electrons. The van der Waals surface area contributed by atoms with E-state index in [0.29, 0.717) is 17.7 Å². The van der Waals surface area contributed by atoms with Crippen LogP contribution in [0.2, 0.25) is 0 Å². The predicted molar refractivity (Wildman–Crippen MR) is 98.0 cm³/mol. The van der Waals surface area contributed by atoms with E-state index >= 15 is 0 Å². The summed E-state index contributed by atoms with van der Waals surface area (Å²) in [4.78, 5) is 4.70. The van der Waals surface area contributed by atoms with Crippen LogP contribution in [0.15, 0.2) is 58.6 Å². The van der Waals surface area contributed by atoms with Crippen LogP contribution >= 0.6 is 0 Å². The van der Waals surface area contributed by atoms with Gasteiger partial charge in [0.25, 0.3) is 0 Å². The second-order valence-corrected chi connectivity index (χ2v) is 6.68. The van der Waals surface area contributed by atoms with Crippen LogP contribution in [0.4, 0.5) is 0 Å². The Bertz CT molecular complexity index is 636. The second-order valence-electron chi connectivity index (χ2n) is 6.68. The summed E-state index contributed by atoms with van der Waals surface area (Å²) in [5.74, 6) is 2.25. The van der Waals surface area contributed by atoms with Gasteiger partial charge in [0.2, 0.25) is 5.84 Å². The highest BCUT2D eigenvalue weighted by Crippen LogP contribution is 2.26. The Morgan fingerprint density at radius 2 is 2.00 bits per heavy atom. The van der Waals surface area contributed by atoms with Gasteiger partial charge in [-0.15, -0.1) is 0 Å². The molecule has 3 nitrogen and oxygen atoms in total. The van der Waals surface area contributed by atoms with Gasteiger partial charge in [-0.25, -0.2) is 0 Å². The summed E-state index contributed by atoms with van der Waals surface area (Å²) >= 11 is 0. The van der Waals surface area contributed by atoms with Gasteiger partial charge in [0.15, 0.2) is 5.84 Å². The zero-order valence-corrected chi connectivity index (χ0v) is 14.6. The van der Waals surface area contributed by atoms with Crippen LogP contribution < -0.4 is 5.32 Å². The lowest BCUT2D eigenvalue weighted by molar-refractivity contribution is -0.544. The highest BCUT2D eigenvalue weighted by molar-refractivity contribution is 6.07. The summed E-state index contributed by atoms with van der Waals surface area (Å²) < 4.78 is 0. The summed E-state index contributed by atoms with van der Waals surface area (Å²) in [7, 11) is 0. The Morgan fingerprint density at radius 1 is 1.30 bits per heavy atom. The quantitative estimate of drug-likeness (QED) is 0.631. The van der Waals surface area contributed by atoms with Crippen molar-refractivity contribution in [2.24, 2.45) is 16.8 Å². The highest BCUT2D eigenvalue weighted by Gasteiger charge is 2.19. The van der Waals surface area contributed by atoms with Crippen LogP contribution in [0.5, 0.6) is 0 Å². The highest BCUT2D eigenvalue weighted by atomic mass is 15.0. The molecule has 1 unspecified atom stereocenters. The average Bonchev–Trinajstić information content (AvgIpc) is 2.52. The molecule has 0 spiro atoms. The van der Waals surface area contributed by atoms with Gasteiger partial charge in [0.1, 0.15) is 0 Å². The average molecular weight is 310 g/mol. The summed E-state index contributed by atoms with van der Waals surface area (Å²) in [6, 6.07) is 10.2. The molecule has 0 heterocycles. The molecule has 0 amide bonds. The summed E-state index contributed by atoms with van der Waals surface area (Å²) in [5.41, 5.74) is 3.31. The van der Waals surface area contributed by atoms with Gasteiger partial charge in [-0.1, -0.05) is 51.1 Å². The first-order chi connectivity index (χ1) is 11.0. The fourth-order valence-corrected chi connectivity index (χ4v) is 2.83. The van der Waals surface area contributed by atoms with E-state index in [1.807, 2.05) is 18.2 Å². The Hall–Kier alpha value is -2.00. The van der Waals surface area contributed by atoms with E-state index in [-0.39, 0.29) is 0 Å². The number of amidine groups is 2. The van der Waals surface area contributed by atoms with Crippen molar-refractivity contribution in [3.8, 4) is 0 Å². The van der Waals surface area contributed by atoms with Crippen molar-refractivity contribution in [3.63, 3.8) is 0 Å². The van der Waals surface area contributed by atoms with Crippen LogP contribution in [0, 0.1) is 17.2 Å². The normalized spacial score (nSPS) is 18.7. The first kappa shape index (κ1) is 17.4. The fraction of sp³-hybridized carbons (Fsp3) is 0.400. The Balaban J connectivity index is 2.32. The van der Waals surface area contributed by atoms with Crippen molar-refractivity contribution in [1.82, 2.24) is 0 Å². The zero-order chi connectivity index (χ0) is 16.8. The number of benzene rings is 1. The number of rotatable bonds is 4. The zero-order valence-electron chi connectivity index (χ0n) is 14.6. The molecular weight excluding hydrogens is 282 g/mol. The maximum absolute atomic E-state index is 8.51. The summed E-state index contributed by atoms with van der Waals surface area (Å²) in [6.07, 6.45) is 5.28. The van der Waals surface area contributed by atoms with Crippen LogP contribution in [0.1, 0.15) is 39.7 Å². The minimum atomic E-state index is 0.360. The lowest BCUT2D eigenvalue weighted by atomic mass is 9.88. The van der Waals surface area contributed by atoms with Crippen molar-refractivity contribution in [3.05, 3.63) is 59.2 Å². The number of allylic oxidation sites excluding steroid dienone is 3. The largest absolute Gasteiger partial charge is 0.297 e. The van der Waals surface area contributed by atoms with Crippen molar-refractivity contribution < 1.29 is 5.32 Å². The number of nitrogens with one attached hydrogen (secondary N) is 1. The molecule has 3 N–H and O–H groups in total. The molecule has 1 aromatic carbocycles. The SMILES string of the molecule is CC1=C(C(=N)N=C([NH2+]CC(C)C)c2ccccc2)C(C)CC=C1. The minimum Gasteiger partial charge on any atom is -0.297 e. The molecule has 1 aromatic rings. The smallest absolute Gasteiger partial charge is 0.233 e. The number of quaternary nitrogens is 1. The van der Waals surface area contributed by atoms with Crippen LogP contribution in [0.3, 0.4) is 0 Å². The van der Waals surface area contributed by atoms with Gasteiger partial charge >= 0.3 is 0 Å². The van der Waals surface area contributed by atoms with Gasteiger partial charge < -0.3 is 0 Å². The molecule has 0 aliphatic heterocycles. The van der Waals surface area contributed by atoms with Gasteiger partial charge in [-0.05, 0) is 37.0 Å². The molecule has 122 valence electrons. The molecule has 0 bridgehead atoms. The molecule has 1 atom stereocenters. The molecule has 23 heavy (non-hydrogen) atoms. The third kappa shape index (κ3) is 4.73. The molecule has 1 aliphatic rings. The molecule has 3 heteroatoms. The van der Waals surface area contributed by atoms with E-state index in [1.54, 1.807) is 0 Å². The third-order valence-corrected chi connectivity index (χ3v) is 4.11. The monoisotopic (exact) mass is 310 g/mol. The molecule has 0 saturated carbocycles. The topological polar surface area (TPSA) is 52.8 Å². The third-order valence-electron chi connectivity index (χ3n) is 4.11. The van der Waals surface area contributed by atoms with Gasteiger partial charge in [0, 0.05) is 11.5 Å². The van der Waals surface area contributed by atoms with E-state index in [1.165, 1.54) is 0 Å². The van der Waals surface area contributed by atoms with Crippen molar-refractivity contribution in [2.75, 3.05) is 6.54 Å². The van der Waals surface area contributed by atoms with Crippen LogP contribution in [-0.4, -0.2) is 18.2 Å². The Kier molecular flexibility index (Phi) is 6.05. The number of hydrogen-bond donors (Lipinski definition) is 2. The molecule has 2 rings (SSSR count). The van der Waals surface area contributed by atoms with E-state index < -0.39 is 0 Å². The van der Waals surface area contributed by atoms with Crippen molar-refractivity contribution in [1.29, 1.82) is 5.41 Å². The summed E-state index contributed by atoms with van der Waals surface area (Å²) in [6.45, 7) is 9.61. The van der Waals surface area contributed by atoms with Crippen molar-refractivity contribution >= 4 is 11.7 Å². The number of hydrogen-bond acceptors (Lipinski definition) is 1.